The topological polar surface area (TPSA) is 42.1 Å². The van der Waals surface area contributed by atoms with Crippen molar-refractivity contribution in [2.24, 2.45) is 5.73 Å². The van der Waals surface area contributed by atoms with Crippen molar-refractivity contribution in [3.8, 4) is 0 Å². The molecule has 0 aromatic carbocycles. The van der Waals surface area contributed by atoms with E-state index in [-0.39, 0.29) is 0 Å². The molecule has 1 unspecified atom stereocenters. The van der Waals surface area contributed by atoms with E-state index in [1.165, 1.54) is 18.4 Å². The minimum Gasteiger partial charge on any atom is -0.330 e. The Hall–Kier alpha value is -0.930. The summed E-state index contributed by atoms with van der Waals surface area (Å²) < 4.78 is 0. The molecule has 0 saturated carbocycles. The van der Waals surface area contributed by atoms with Gasteiger partial charge in [-0.2, -0.15) is 0 Å². The van der Waals surface area contributed by atoms with Crippen molar-refractivity contribution >= 4 is 0 Å². The summed E-state index contributed by atoms with van der Waals surface area (Å²) >= 11 is 0. The Balaban J connectivity index is 2.61. The lowest BCUT2D eigenvalue weighted by Gasteiger charge is -2.26. The summed E-state index contributed by atoms with van der Waals surface area (Å²) in [6.07, 6.45) is 6.10. The first kappa shape index (κ1) is 14.1. The molecule has 0 saturated heterocycles. The molecule has 0 aliphatic heterocycles. The summed E-state index contributed by atoms with van der Waals surface area (Å²) in [6, 6.07) is 4.15. The molecule has 1 heterocycles. The number of hydrogen-bond donors (Lipinski definition) is 1. The van der Waals surface area contributed by atoms with Crippen LogP contribution in [-0.4, -0.2) is 36.1 Å². The summed E-state index contributed by atoms with van der Waals surface area (Å²) in [5.74, 6) is 0.427. The Bertz CT molecular complexity index is 281. The van der Waals surface area contributed by atoms with Gasteiger partial charge in [-0.3, -0.25) is 4.98 Å². The van der Waals surface area contributed by atoms with Crippen molar-refractivity contribution in [3.63, 3.8) is 0 Å². The highest BCUT2D eigenvalue weighted by Gasteiger charge is 2.13. The predicted octanol–water partition coefficient (Wildman–Crippen LogP) is 2.25. The molecule has 0 amide bonds. The van der Waals surface area contributed by atoms with Gasteiger partial charge in [-0.15, -0.1) is 0 Å². The lowest BCUT2D eigenvalue weighted by atomic mass is 9.99. The summed E-state index contributed by atoms with van der Waals surface area (Å²) in [5.41, 5.74) is 7.20. The first-order chi connectivity index (χ1) is 8.31. The molecule has 3 heteroatoms. The van der Waals surface area contributed by atoms with Crippen molar-refractivity contribution < 1.29 is 0 Å². The second-order valence-electron chi connectivity index (χ2n) is 4.51. The van der Waals surface area contributed by atoms with Crippen molar-refractivity contribution in [1.82, 2.24) is 9.88 Å². The maximum absolute atomic E-state index is 5.90. The minimum absolute atomic E-state index is 0.427. The summed E-state index contributed by atoms with van der Waals surface area (Å²) in [4.78, 5) is 6.57. The molecule has 1 aromatic rings. The smallest absolute Gasteiger partial charge is 0.0270 e. The number of pyridine rings is 1. The molecule has 0 fully saturated rings. The van der Waals surface area contributed by atoms with Gasteiger partial charge in [0.1, 0.15) is 0 Å². The number of nitrogens with two attached hydrogens (primary N) is 1. The first-order valence-electron chi connectivity index (χ1n) is 6.64. The zero-order valence-electron chi connectivity index (χ0n) is 11.1. The van der Waals surface area contributed by atoms with Gasteiger partial charge in [0.2, 0.25) is 0 Å². The Labute approximate surface area is 105 Å². The molecule has 2 N–H and O–H groups in total. The number of aromatic nitrogens is 1. The van der Waals surface area contributed by atoms with Crippen molar-refractivity contribution in [2.75, 3.05) is 26.2 Å². The normalized spacial score (nSPS) is 12.9. The van der Waals surface area contributed by atoms with E-state index >= 15 is 0 Å². The van der Waals surface area contributed by atoms with E-state index in [0.29, 0.717) is 12.5 Å². The van der Waals surface area contributed by atoms with Gasteiger partial charge < -0.3 is 10.6 Å². The Morgan fingerprint density at radius 3 is 2.24 bits per heavy atom. The van der Waals surface area contributed by atoms with E-state index in [1.54, 1.807) is 0 Å². The van der Waals surface area contributed by atoms with Gasteiger partial charge in [0, 0.05) is 31.4 Å². The van der Waals surface area contributed by atoms with E-state index < -0.39 is 0 Å². The largest absolute Gasteiger partial charge is 0.330 e. The second kappa shape index (κ2) is 8.20. The van der Waals surface area contributed by atoms with Gasteiger partial charge in [-0.05, 0) is 43.6 Å². The van der Waals surface area contributed by atoms with Crippen LogP contribution in [0.2, 0.25) is 0 Å². The van der Waals surface area contributed by atoms with E-state index in [0.717, 1.165) is 19.6 Å². The zero-order chi connectivity index (χ0) is 12.5. The monoisotopic (exact) mass is 235 g/mol. The van der Waals surface area contributed by atoms with Crippen LogP contribution in [0.25, 0.3) is 0 Å². The average molecular weight is 235 g/mol. The Morgan fingerprint density at radius 1 is 1.18 bits per heavy atom. The van der Waals surface area contributed by atoms with Gasteiger partial charge in [0.05, 0.1) is 0 Å². The highest BCUT2D eigenvalue weighted by Crippen LogP contribution is 2.15. The van der Waals surface area contributed by atoms with Crippen LogP contribution in [-0.2, 0) is 0 Å². The van der Waals surface area contributed by atoms with E-state index in [2.05, 4.69) is 35.9 Å². The van der Waals surface area contributed by atoms with Crippen LogP contribution < -0.4 is 5.73 Å². The fourth-order valence-corrected chi connectivity index (χ4v) is 2.19. The van der Waals surface area contributed by atoms with Crippen molar-refractivity contribution in [3.05, 3.63) is 30.1 Å². The number of rotatable bonds is 8. The van der Waals surface area contributed by atoms with Crippen molar-refractivity contribution in [1.29, 1.82) is 0 Å². The molecule has 1 atom stereocenters. The van der Waals surface area contributed by atoms with Crippen LogP contribution in [0.4, 0.5) is 0 Å². The van der Waals surface area contributed by atoms with Crippen LogP contribution in [0, 0.1) is 0 Å². The Morgan fingerprint density at radius 2 is 1.76 bits per heavy atom. The summed E-state index contributed by atoms with van der Waals surface area (Å²) in [7, 11) is 0. The summed E-state index contributed by atoms with van der Waals surface area (Å²) in [6.45, 7) is 8.54. The maximum Gasteiger partial charge on any atom is 0.0270 e. The number of hydrogen-bond acceptors (Lipinski definition) is 3. The van der Waals surface area contributed by atoms with Gasteiger partial charge >= 0.3 is 0 Å². The van der Waals surface area contributed by atoms with Crippen LogP contribution in [0.15, 0.2) is 24.5 Å². The molecule has 3 nitrogen and oxygen atoms in total. The van der Waals surface area contributed by atoms with Crippen LogP contribution in [0.3, 0.4) is 0 Å². The molecule has 96 valence electrons. The molecular weight excluding hydrogens is 210 g/mol. The molecule has 0 aliphatic rings. The van der Waals surface area contributed by atoms with E-state index in [9.17, 15) is 0 Å². The minimum atomic E-state index is 0.427. The average Bonchev–Trinajstić information content (AvgIpc) is 2.37. The SMILES string of the molecule is CCCN(CCC)CC(CN)c1ccncc1. The third-order valence-corrected chi connectivity index (χ3v) is 3.02. The Kier molecular flexibility index (Phi) is 6.82. The molecule has 0 bridgehead atoms. The van der Waals surface area contributed by atoms with Crippen LogP contribution in [0.1, 0.15) is 38.2 Å². The maximum atomic E-state index is 5.90. The standard InChI is InChI=1S/C14H25N3/c1-3-9-17(10-4-2)12-14(11-15)13-5-7-16-8-6-13/h5-8,14H,3-4,9-12,15H2,1-2H3. The molecule has 0 spiro atoms. The number of nitrogens with zero attached hydrogens (tertiary/aromatic N) is 2. The van der Waals surface area contributed by atoms with Gasteiger partial charge in [-0.25, -0.2) is 0 Å². The fraction of sp³-hybridized carbons (Fsp3) is 0.643. The lowest BCUT2D eigenvalue weighted by molar-refractivity contribution is 0.258. The third kappa shape index (κ3) is 4.84. The van der Waals surface area contributed by atoms with E-state index in [4.69, 9.17) is 5.73 Å². The quantitative estimate of drug-likeness (QED) is 0.751. The van der Waals surface area contributed by atoms with Gasteiger partial charge in [0.25, 0.3) is 0 Å². The van der Waals surface area contributed by atoms with E-state index in [1.807, 2.05) is 12.4 Å². The molecule has 0 aliphatic carbocycles. The van der Waals surface area contributed by atoms with Gasteiger partial charge in [0.15, 0.2) is 0 Å². The van der Waals surface area contributed by atoms with Gasteiger partial charge in [-0.1, -0.05) is 13.8 Å². The molecule has 0 radical (unpaired) electrons. The third-order valence-electron chi connectivity index (χ3n) is 3.02. The second-order valence-corrected chi connectivity index (χ2v) is 4.51. The van der Waals surface area contributed by atoms with Crippen LogP contribution in [0.5, 0.6) is 0 Å². The highest BCUT2D eigenvalue weighted by atomic mass is 15.1. The predicted molar refractivity (Wildman–Crippen MR) is 73.1 cm³/mol. The highest BCUT2D eigenvalue weighted by molar-refractivity contribution is 5.16. The molecular formula is C14H25N3. The first-order valence-corrected chi connectivity index (χ1v) is 6.64. The zero-order valence-corrected chi connectivity index (χ0v) is 11.1. The molecule has 17 heavy (non-hydrogen) atoms. The lowest BCUT2D eigenvalue weighted by Crippen LogP contribution is -2.33. The fourth-order valence-electron chi connectivity index (χ4n) is 2.19. The molecule has 1 aromatic heterocycles. The van der Waals surface area contributed by atoms with Crippen molar-refractivity contribution in [2.45, 2.75) is 32.6 Å². The van der Waals surface area contributed by atoms with Crippen LogP contribution >= 0.6 is 0 Å². The molecule has 1 rings (SSSR count). The summed E-state index contributed by atoms with van der Waals surface area (Å²) in [5, 5.41) is 0.